The van der Waals surface area contributed by atoms with Crippen molar-refractivity contribution in [2.45, 2.75) is 13.0 Å². The van der Waals surface area contributed by atoms with Crippen molar-refractivity contribution < 1.29 is 23.4 Å². The standard InChI is InChI=1S/C29H25N3O6S/c1-4-35-28(34)24-25(17-8-6-5-7-9-17)30-29-32(26(24)18-10-12-20-21(14-18)37-16-36-20)27(33)22(39-29)15-19-11-13-23(38-19)31(2)3/h5-15,26H,4,16H2,1-3H3/b22-15+. The van der Waals surface area contributed by atoms with E-state index < -0.39 is 12.0 Å². The minimum absolute atomic E-state index is 0.107. The Bertz CT molecular complexity index is 1780. The molecule has 1 unspecified atom stereocenters. The normalized spacial score (nSPS) is 16.2. The summed E-state index contributed by atoms with van der Waals surface area (Å²) in [5.41, 5.74) is 1.85. The predicted octanol–water partition coefficient (Wildman–Crippen LogP) is 3.32. The molecule has 4 heterocycles. The van der Waals surface area contributed by atoms with E-state index >= 15 is 0 Å². The molecule has 2 aromatic carbocycles. The highest BCUT2D eigenvalue weighted by molar-refractivity contribution is 7.07. The van der Waals surface area contributed by atoms with Gasteiger partial charge >= 0.3 is 5.97 Å². The first-order chi connectivity index (χ1) is 18.9. The van der Waals surface area contributed by atoms with Gasteiger partial charge in [0.05, 0.1) is 28.5 Å². The maximum absolute atomic E-state index is 13.9. The third kappa shape index (κ3) is 4.42. The van der Waals surface area contributed by atoms with E-state index in [0.29, 0.717) is 43.7 Å². The van der Waals surface area contributed by atoms with Gasteiger partial charge in [0.1, 0.15) is 5.76 Å². The van der Waals surface area contributed by atoms with Crippen molar-refractivity contribution in [2.24, 2.45) is 4.99 Å². The van der Waals surface area contributed by atoms with Gasteiger partial charge in [-0.3, -0.25) is 9.36 Å². The minimum atomic E-state index is -0.805. The highest BCUT2D eigenvalue weighted by atomic mass is 32.1. The molecule has 0 bridgehead atoms. The lowest BCUT2D eigenvalue weighted by atomic mass is 9.93. The van der Waals surface area contributed by atoms with Crippen molar-refractivity contribution in [2.75, 3.05) is 32.4 Å². The lowest BCUT2D eigenvalue weighted by Gasteiger charge is -2.26. The van der Waals surface area contributed by atoms with Crippen LogP contribution in [0, 0.1) is 0 Å². The molecule has 10 heteroatoms. The average molecular weight is 544 g/mol. The van der Waals surface area contributed by atoms with Gasteiger partial charge in [-0.05, 0) is 30.7 Å². The first kappa shape index (κ1) is 24.7. The van der Waals surface area contributed by atoms with Crippen LogP contribution in [0.3, 0.4) is 0 Å². The number of hydrogen-bond acceptors (Lipinski definition) is 9. The number of benzene rings is 2. The molecule has 39 heavy (non-hydrogen) atoms. The fraction of sp³-hybridized carbons (Fsp3) is 0.207. The second-order valence-electron chi connectivity index (χ2n) is 9.11. The zero-order valence-corrected chi connectivity index (χ0v) is 22.4. The Kier molecular flexibility index (Phi) is 6.32. The Hall–Kier alpha value is -4.57. The summed E-state index contributed by atoms with van der Waals surface area (Å²) in [6, 6.07) is 17.7. The van der Waals surface area contributed by atoms with Crippen molar-refractivity contribution in [3.8, 4) is 11.5 Å². The first-order valence-electron chi connectivity index (χ1n) is 12.4. The van der Waals surface area contributed by atoms with Gasteiger partial charge in [0, 0.05) is 31.8 Å². The fourth-order valence-corrected chi connectivity index (χ4v) is 5.61. The highest BCUT2D eigenvalue weighted by Gasteiger charge is 2.36. The van der Waals surface area contributed by atoms with Crippen LogP contribution in [-0.4, -0.2) is 38.0 Å². The summed E-state index contributed by atoms with van der Waals surface area (Å²) in [5, 5.41) is 0. The fourth-order valence-electron chi connectivity index (χ4n) is 4.63. The van der Waals surface area contributed by atoms with Gasteiger partial charge in [-0.1, -0.05) is 47.7 Å². The summed E-state index contributed by atoms with van der Waals surface area (Å²) in [6.45, 7) is 2.03. The summed E-state index contributed by atoms with van der Waals surface area (Å²) in [5.74, 6) is 1.81. The maximum atomic E-state index is 13.9. The van der Waals surface area contributed by atoms with E-state index in [1.165, 1.54) is 11.3 Å². The maximum Gasteiger partial charge on any atom is 0.338 e. The van der Waals surface area contributed by atoms with Crippen LogP contribution in [0.15, 0.2) is 80.4 Å². The third-order valence-corrected chi connectivity index (χ3v) is 7.40. The number of nitrogens with zero attached hydrogens (tertiary/aromatic N) is 3. The number of rotatable bonds is 6. The zero-order valence-electron chi connectivity index (χ0n) is 21.5. The topological polar surface area (TPSA) is 95.5 Å². The number of hydrogen-bond donors (Lipinski definition) is 0. The molecule has 0 spiro atoms. The van der Waals surface area contributed by atoms with Gasteiger partial charge in [-0.15, -0.1) is 0 Å². The number of ether oxygens (including phenoxy) is 3. The number of thiazole rings is 1. The van der Waals surface area contributed by atoms with Crippen LogP contribution in [0.5, 0.6) is 11.5 Å². The van der Waals surface area contributed by atoms with E-state index in [9.17, 15) is 9.59 Å². The molecule has 2 aliphatic rings. The van der Waals surface area contributed by atoms with Gasteiger partial charge in [0.25, 0.3) is 5.56 Å². The van der Waals surface area contributed by atoms with Gasteiger partial charge in [0.15, 0.2) is 22.2 Å². The molecule has 0 aliphatic carbocycles. The predicted molar refractivity (Wildman–Crippen MR) is 147 cm³/mol. The Morgan fingerprint density at radius 2 is 1.92 bits per heavy atom. The number of esters is 1. The summed E-state index contributed by atoms with van der Waals surface area (Å²) in [6.07, 6.45) is 1.70. The SMILES string of the molecule is CCOC(=O)C1=C(c2ccccc2)N=c2s/c(=C/c3ccc(N(C)C)o3)c(=O)n2C1c1ccc2c(c1)OCO2. The van der Waals surface area contributed by atoms with Crippen molar-refractivity contribution in [3.05, 3.63) is 103 Å². The zero-order chi connectivity index (χ0) is 27.1. The number of carbonyl (C=O) groups excluding carboxylic acids is 1. The van der Waals surface area contributed by atoms with Crippen molar-refractivity contribution in [1.29, 1.82) is 0 Å². The second kappa shape index (κ2) is 9.95. The summed E-state index contributed by atoms with van der Waals surface area (Å²) in [4.78, 5) is 34.6. The molecule has 4 aromatic rings. The Morgan fingerprint density at radius 1 is 1.13 bits per heavy atom. The number of furan rings is 1. The number of aromatic nitrogens is 1. The Balaban J connectivity index is 1.62. The Morgan fingerprint density at radius 3 is 2.67 bits per heavy atom. The largest absolute Gasteiger partial charge is 0.463 e. The quantitative estimate of drug-likeness (QED) is 0.344. The number of carbonyl (C=O) groups is 1. The van der Waals surface area contributed by atoms with Crippen LogP contribution in [0.1, 0.15) is 29.9 Å². The molecule has 0 N–H and O–H groups in total. The van der Waals surface area contributed by atoms with E-state index in [1.54, 1.807) is 29.7 Å². The molecule has 0 radical (unpaired) electrons. The van der Waals surface area contributed by atoms with Crippen molar-refractivity contribution in [1.82, 2.24) is 4.57 Å². The second-order valence-corrected chi connectivity index (χ2v) is 10.1. The van der Waals surface area contributed by atoms with Crippen LogP contribution >= 0.6 is 11.3 Å². The molecular formula is C29H25N3O6S. The minimum Gasteiger partial charge on any atom is -0.463 e. The van der Waals surface area contributed by atoms with E-state index in [0.717, 1.165) is 5.56 Å². The van der Waals surface area contributed by atoms with Crippen molar-refractivity contribution in [3.63, 3.8) is 0 Å². The van der Waals surface area contributed by atoms with E-state index in [-0.39, 0.29) is 24.5 Å². The van der Waals surface area contributed by atoms with Gasteiger partial charge in [0.2, 0.25) is 6.79 Å². The molecule has 0 saturated carbocycles. The van der Waals surface area contributed by atoms with Gasteiger partial charge in [-0.25, -0.2) is 9.79 Å². The molecular weight excluding hydrogens is 518 g/mol. The average Bonchev–Trinajstić information content (AvgIpc) is 3.68. The van der Waals surface area contributed by atoms with Crippen LogP contribution in [-0.2, 0) is 9.53 Å². The molecule has 9 nitrogen and oxygen atoms in total. The monoisotopic (exact) mass is 543 g/mol. The number of anilines is 1. The van der Waals surface area contributed by atoms with Crippen molar-refractivity contribution >= 4 is 35.0 Å². The number of fused-ring (bicyclic) bond motifs is 2. The van der Waals surface area contributed by atoms with Crippen LogP contribution in [0.4, 0.5) is 5.88 Å². The highest BCUT2D eigenvalue weighted by Crippen LogP contribution is 2.40. The van der Waals surface area contributed by atoms with Crippen LogP contribution in [0.25, 0.3) is 11.8 Å². The molecule has 6 rings (SSSR count). The molecule has 0 fully saturated rings. The summed E-state index contributed by atoms with van der Waals surface area (Å²) in [7, 11) is 3.76. The molecule has 2 aromatic heterocycles. The van der Waals surface area contributed by atoms with Crippen LogP contribution < -0.4 is 29.3 Å². The molecule has 198 valence electrons. The Labute approximate surface area is 227 Å². The van der Waals surface area contributed by atoms with Gasteiger partial charge in [-0.2, -0.15) is 0 Å². The molecule has 1 atom stereocenters. The summed E-state index contributed by atoms with van der Waals surface area (Å²) < 4.78 is 24.5. The molecule has 2 aliphatic heterocycles. The van der Waals surface area contributed by atoms with Crippen LogP contribution in [0.2, 0.25) is 0 Å². The lowest BCUT2D eigenvalue weighted by Crippen LogP contribution is -2.40. The first-order valence-corrected chi connectivity index (χ1v) is 13.2. The molecule has 0 amide bonds. The van der Waals surface area contributed by atoms with Gasteiger partial charge < -0.3 is 23.5 Å². The third-order valence-electron chi connectivity index (χ3n) is 6.41. The smallest absolute Gasteiger partial charge is 0.338 e. The van der Waals surface area contributed by atoms with E-state index in [4.69, 9.17) is 23.6 Å². The van der Waals surface area contributed by atoms with E-state index in [1.807, 2.05) is 67.5 Å². The summed E-state index contributed by atoms with van der Waals surface area (Å²) >= 11 is 1.24. The van der Waals surface area contributed by atoms with E-state index in [2.05, 4.69) is 0 Å². The lowest BCUT2D eigenvalue weighted by molar-refractivity contribution is -0.138. The molecule has 0 saturated heterocycles.